The number of unbranched alkanes of at least 4 members (excludes halogenated alkanes) is 1. The molecule has 1 aromatic heterocycles. The van der Waals surface area contributed by atoms with Gasteiger partial charge < -0.3 is 15.0 Å². The SMILES string of the molecule is CCCCN(C)c1cnc(C(=O)NCCc2ccc(OC)cc2)cn1. The maximum Gasteiger partial charge on any atom is 0.271 e. The molecule has 1 amide bonds. The van der Waals surface area contributed by atoms with Gasteiger partial charge in [0.05, 0.1) is 19.5 Å². The molecule has 134 valence electrons. The van der Waals surface area contributed by atoms with Crippen LogP contribution in [0.4, 0.5) is 5.82 Å². The van der Waals surface area contributed by atoms with Crippen LogP contribution >= 0.6 is 0 Å². The fourth-order valence-electron chi connectivity index (χ4n) is 2.35. The highest BCUT2D eigenvalue weighted by atomic mass is 16.5. The number of hydrogen-bond acceptors (Lipinski definition) is 5. The van der Waals surface area contributed by atoms with E-state index in [0.717, 1.165) is 42.9 Å². The first kappa shape index (κ1) is 18.7. The number of benzene rings is 1. The maximum atomic E-state index is 12.1. The number of ether oxygens (including phenoxy) is 1. The number of carbonyl (C=O) groups excluding carboxylic acids is 1. The van der Waals surface area contributed by atoms with Crippen molar-refractivity contribution in [2.24, 2.45) is 0 Å². The third-order valence-corrected chi connectivity index (χ3v) is 3.97. The van der Waals surface area contributed by atoms with Crippen LogP contribution in [0.5, 0.6) is 5.75 Å². The van der Waals surface area contributed by atoms with E-state index in [0.29, 0.717) is 12.2 Å². The van der Waals surface area contributed by atoms with Crippen LogP contribution in [0.3, 0.4) is 0 Å². The molecule has 1 heterocycles. The zero-order valence-corrected chi connectivity index (χ0v) is 15.2. The van der Waals surface area contributed by atoms with E-state index in [1.807, 2.05) is 36.2 Å². The van der Waals surface area contributed by atoms with E-state index in [1.165, 1.54) is 6.20 Å². The Labute approximate surface area is 149 Å². The van der Waals surface area contributed by atoms with Crippen molar-refractivity contribution in [1.29, 1.82) is 0 Å². The van der Waals surface area contributed by atoms with Gasteiger partial charge in [-0.3, -0.25) is 4.79 Å². The Hall–Kier alpha value is -2.63. The molecule has 0 unspecified atom stereocenters. The highest BCUT2D eigenvalue weighted by Crippen LogP contribution is 2.11. The first-order valence-electron chi connectivity index (χ1n) is 8.58. The van der Waals surface area contributed by atoms with Crippen molar-refractivity contribution in [3.05, 3.63) is 47.9 Å². The van der Waals surface area contributed by atoms with Crippen LogP contribution in [-0.2, 0) is 6.42 Å². The molecule has 0 aliphatic carbocycles. The predicted octanol–water partition coefficient (Wildman–Crippen LogP) is 2.69. The largest absolute Gasteiger partial charge is 0.497 e. The van der Waals surface area contributed by atoms with E-state index in [2.05, 4.69) is 22.2 Å². The second-order valence-corrected chi connectivity index (χ2v) is 5.89. The van der Waals surface area contributed by atoms with Crippen molar-refractivity contribution >= 4 is 11.7 Å². The Bertz CT molecular complexity index is 656. The van der Waals surface area contributed by atoms with Gasteiger partial charge in [-0.1, -0.05) is 25.5 Å². The average molecular weight is 342 g/mol. The summed E-state index contributed by atoms with van der Waals surface area (Å²) >= 11 is 0. The van der Waals surface area contributed by atoms with Crippen LogP contribution in [-0.4, -0.2) is 43.1 Å². The molecule has 1 N–H and O–H groups in total. The van der Waals surface area contributed by atoms with Gasteiger partial charge in [-0.15, -0.1) is 0 Å². The molecule has 0 aliphatic heterocycles. The normalized spacial score (nSPS) is 10.4. The number of aromatic nitrogens is 2. The Kier molecular flexibility index (Phi) is 7.19. The Morgan fingerprint density at radius 2 is 1.96 bits per heavy atom. The molecule has 2 rings (SSSR count). The summed E-state index contributed by atoms with van der Waals surface area (Å²) in [7, 11) is 3.62. The standard InChI is InChI=1S/C19H26N4O2/c1-4-5-12-23(2)18-14-21-17(13-22-18)19(24)20-11-10-15-6-8-16(25-3)9-7-15/h6-9,13-14H,4-5,10-12H2,1-3H3,(H,20,24). The zero-order valence-electron chi connectivity index (χ0n) is 15.2. The van der Waals surface area contributed by atoms with Crippen molar-refractivity contribution in [1.82, 2.24) is 15.3 Å². The molecular weight excluding hydrogens is 316 g/mol. The smallest absolute Gasteiger partial charge is 0.271 e. The molecule has 6 nitrogen and oxygen atoms in total. The van der Waals surface area contributed by atoms with Crippen molar-refractivity contribution in [2.45, 2.75) is 26.2 Å². The van der Waals surface area contributed by atoms with Gasteiger partial charge in [0, 0.05) is 20.1 Å². The highest BCUT2D eigenvalue weighted by molar-refractivity contribution is 5.92. The minimum atomic E-state index is -0.205. The van der Waals surface area contributed by atoms with Crippen molar-refractivity contribution in [3.63, 3.8) is 0 Å². The molecule has 6 heteroatoms. The van der Waals surface area contributed by atoms with Crippen molar-refractivity contribution < 1.29 is 9.53 Å². The van der Waals surface area contributed by atoms with E-state index in [9.17, 15) is 4.79 Å². The van der Waals surface area contributed by atoms with Crippen molar-refractivity contribution in [2.75, 3.05) is 32.1 Å². The lowest BCUT2D eigenvalue weighted by molar-refractivity contribution is 0.0949. The molecule has 0 radical (unpaired) electrons. The van der Waals surface area contributed by atoms with Crippen molar-refractivity contribution in [3.8, 4) is 5.75 Å². The lowest BCUT2D eigenvalue weighted by Gasteiger charge is -2.17. The Balaban J connectivity index is 1.81. The van der Waals surface area contributed by atoms with Gasteiger partial charge in [0.1, 0.15) is 17.3 Å². The first-order valence-corrected chi connectivity index (χ1v) is 8.58. The van der Waals surface area contributed by atoms with E-state index < -0.39 is 0 Å². The monoisotopic (exact) mass is 342 g/mol. The zero-order chi connectivity index (χ0) is 18.1. The summed E-state index contributed by atoms with van der Waals surface area (Å²) in [4.78, 5) is 22.7. The Morgan fingerprint density at radius 3 is 2.56 bits per heavy atom. The summed E-state index contributed by atoms with van der Waals surface area (Å²) < 4.78 is 5.13. The minimum Gasteiger partial charge on any atom is -0.497 e. The molecule has 25 heavy (non-hydrogen) atoms. The second kappa shape index (κ2) is 9.61. The lowest BCUT2D eigenvalue weighted by atomic mass is 10.1. The molecule has 0 atom stereocenters. The molecule has 1 aromatic carbocycles. The minimum absolute atomic E-state index is 0.205. The van der Waals surface area contributed by atoms with E-state index in [4.69, 9.17) is 4.74 Å². The van der Waals surface area contributed by atoms with Crippen LogP contribution in [0.25, 0.3) is 0 Å². The number of nitrogens with one attached hydrogen (secondary N) is 1. The number of methoxy groups -OCH3 is 1. The van der Waals surface area contributed by atoms with Crippen LogP contribution in [0.1, 0.15) is 35.8 Å². The first-order chi connectivity index (χ1) is 12.1. The molecule has 0 saturated heterocycles. The van der Waals surface area contributed by atoms with Gasteiger partial charge in [0.15, 0.2) is 0 Å². The topological polar surface area (TPSA) is 67.4 Å². The summed E-state index contributed by atoms with van der Waals surface area (Å²) in [6, 6.07) is 7.81. The summed E-state index contributed by atoms with van der Waals surface area (Å²) in [6.07, 6.45) is 6.16. The third kappa shape index (κ3) is 5.74. The number of rotatable bonds is 9. The number of nitrogens with zero attached hydrogens (tertiary/aromatic N) is 3. The summed E-state index contributed by atoms with van der Waals surface area (Å²) in [5.74, 6) is 1.40. The van der Waals surface area contributed by atoms with Gasteiger partial charge in [0.25, 0.3) is 5.91 Å². The van der Waals surface area contributed by atoms with E-state index >= 15 is 0 Å². The number of amides is 1. The number of hydrogen-bond donors (Lipinski definition) is 1. The van der Waals surface area contributed by atoms with Gasteiger partial charge >= 0.3 is 0 Å². The average Bonchev–Trinajstić information content (AvgIpc) is 2.66. The summed E-state index contributed by atoms with van der Waals surface area (Å²) in [5.41, 5.74) is 1.47. The molecule has 0 spiro atoms. The summed E-state index contributed by atoms with van der Waals surface area (Å²) in [5, 5.41) is 2.87. The quantitative estimate of drug-likeness (QED) is 0.759. The predicted molar refractivity (Wildman–Crippen MR) is 99.2 cm³/mol. The molecule has 0 fully saturated rings. The lowest BCUT2D eigenvalue weighted by Crippen LogP contribution is -2.27. The molecule has 2 aromatic rings. The van der Waals surface area contributed by atoms with Gasteiger partial charge in [-0.05, 0) is 30.5 Å². The van der Waals surface area contributed by atoms with E-state index in [1.54, 1.807) is 13.3 Å². The molecule has 0 saturated carbocycles. The van der Waals surface area contributed by atoms with Gasteiger partial charge in [0.2, 0.25) is 0 Å². The Morgan fingerprint density at radius 1 is 1.20 bits per heavy atom. The van der Waals surface area contributed by atoms with Crippen LogP contribution in [0.2, 0.25) is 0 Å². The second-order valence-electron chi connectivity index (χ2n) is 5.89. The van der Waals surface area contributed by atoms with Crippen LogP contribution in [0.15, 0.2) is 36.7 Å². The molecule has 0 bridgehead atoms. The maximum absolute atomic E-state index is 12.1. The van der Waals surface area contributed by atoms with Crippen LogP contribution in [0, 0.1) is 0 Å². The molecule has 0 aliphatic rings. The third-order valence-electron chi connectivity index (χ3n) is 3.97. The van der Waals surface area contributed by atoms with Crippen LogP contribution < -0.4 is 15.0 Å². The number of carbonyl (C=O) groups is 1. The van der Waals surface area contributed by atoms with Gasteiger partial charge in [-0.25, -0.2) is 9.97 Å². The van der Waals surface area contributed by atoms with Gasteiger partial charge in [-0.2, -0.15) is 0 Å². The molecular formula is C19H26N4O2. The summed E-state index contributed by atoms with van der Waals surface area (Å²) in [6.45, 7) is 3.63. The fraction of sp³-hybridized carbons (Fsp3) is 0.421. The van der Waals surface area contributed by atoms with E-state index in [-0.39, 0.29) is 5.91 Å². The number of anilines is 1. The highest BCUT2D eigenvalue weighted by Gasteiger charge is 2.09. The fourth-order valence-corrected chi connectivity index (χ4v) is 2.35.